The molecule has 4 nitrogen and oxygen atoms in total. The number of aromatic hydroxyl groups is 1. The molecule has 0 spiro atoms. The Balaban J connectivity index is 2.42. The molecule has 1 unspecified atom stereocenters. The Morgan fingerprint density at radius 1 is 1.30 bits per heavy atom. The molecule has 0 aromatic heterocycles. The van der Waals surface area contributed by atoms with E-state index in [0.717, 1.165) is 18.4 Å². The summed E-state index contributed by atoms with van der Waals surface area (Å²) in [5.41, 5.74) is 6.83. The van der Waals surface area contributed by atoms with E-state index in [1.807, 2.05) is 39.8 Å². The highest BCUT2D eigenvalue weighted by Gasteiger charge is 2.27. The number of benzene rings is 1. The molecule has 0 aliphatic heterocycles. The maximum atomic E-state index is 12.0. The normalized spacial score (nSPS) is 14.7. The molecule has 4 N–H and O–H groups in total. The molecule has 0 saturated heterocycles. The van der Waals surface area contributed by atoms with Crippen molar-refractivity contribution >= 4 is 5.91 Å². The lowest BCUT2D eigenvalue weighted by Crippen LogP contribution is -2.50. The van der Waals surface area contributed by atoms with Gasteiger partial charge in [0.2, 0.25) is 5.91 Å². The standard InChI is InChI=1S/C16H26N2O2/c1-11(18-15(20)14(17)16(2,3)4)5-6-12-7-9-13(19)10-8-12/h7-11,14,19H,5-6,17H2,1-4H3,(H,18,20)/t11?,14-/m0/s1. The highest BCUT2D eigenvalue weighted by molar-refractivity contribution is 5.82. The molecule has 20 heavy (non-hydrogen) atoms. The van der Waals surface area contributed by atoms with Crippen LogP contribution in [0.5, 0.6) is 5.75 Å². The van der Waals surface area contributed by atoms with Crippen LogP contribution < -0.4 is 11.1 Å². The molecule has 0 aliphatic carbocycles. The predicted molar refractivity (Wildman–Crippen MR) is 81.5 cm³/mol. The van der Waals surface area contributed by atoms with E-state index in [1.165, 1.54) is 0 Å². The number of rotatable bonds is 5. The SMILES string of the molecule is CC(CCc1ccc(O)cc1)NC(=O)[C@H](N)C(C)(C)C. The van der Waals surface area contributed by atoms with Gasteiger partial charge in [-0.1, -0.05) is 32.9 Å². The van der Waals surface area contributed by atoms with Gasteiger partial charge in [0, 0.05) is 6.04 Å². The van der Waals surface area contributed by atoms with Gasteiger partial charge in [0.1, 0.15) is 5.75 Å². The molecule has 0 bridgehead atoms. The lowest BCUT2D eigenvalue weighted by molar-refractivity contribution is -0.125. The first-order chi connectivity index (χ1) is 9.20. The third-order valence-corrected chi connectivity index (χ3v) is 3.41. The highest BCUT2D eigenvalue weighted by Crippen LogP contribution is 2.17. The van der Waals surface area contributed by atoms with Crippen molar-refractivity contribution in [2.24, 2.45) is 11.1 Å². The second-order valence-electron chi connectivity index (χ2n) is 6.46. The summed E-state index contributed by atoms with van der Waals surface area (Å²) in [5, 5.41) is 12.2. The van der Waals surface area contributed by atoms with Gasteiger partial charge in [-0.15, -0.1) is 0 Å². The zero-order valence-corrected chi connectivity index (χ0v) is 12.8. The van der Waals surface area contributed by atoms with Gasteiger partial charge < -0.3 is 16.2 Å². The van der Waals surface area contributed by atoms with Crippen LogP contribution in [0.25, 0.3) is 0 Å². The van der Waals surface area contributed by atoms with Crippen LogP contribution >= 0.6 is 0 Å². The molecule has 4 heteroatoms. The molecule has 1 amide bonds. The van der Waals surface area contributed by atoms with Crippen molar-refractivity contribution in [3.05, 3.63) is 29.8 Å². The fraction of sp³-hybridized carbons (Fsp3) is 0.562. The van der Waals surface area contributed by atoms with Crippen molar-refractivity contribution < 1.29 is 9.90 Å². The minimum Gasteiger partial charge on any atom is -0.508 e. The average Bonchev–Trinajstić information content (AvgIpc) is 2.36. The van der Waals surface area contributed by atoms with Crippen molar-refractivity contribution in [2.45, 2.75) is 52.6 Å². The van der Waals surface area contributed by atoms with Crippen LogP contribution in [0.4, 0.5) is 0 Å². The average molecular weight is 278 g/mol. The number of hydrogen-bond donors (Lipinski definition) is 3. The maximum absolute atomic E-state index is 12.0. The predicted octanol–water partition coefficient (Wildman–Crippen LogP) is 2.20. The summed E-state index contributed by atoms with van der Waals surface area (Å²) in [6, 6.07) is 6.71. The topological polar surface area (TPSA) is 75.3 Å². The first-order valence-corrected chi connectivity index (χ1v) is 7.04. The van der Waals surface area contributed by atoms with Crippen LogP contribution in [0.3, 0.4) is 0 Å². The van der Waals surface area contributed by atoms with Crippen molar-refractivity contribution in [3.8, 4) is 5.75 Å². The zero-order chi connectivity index (χ0) is 15.3. The van der Waals surface area contributed by atoms with Crippen LogP contribution in [0, 0.1) is 5.41 Å². The summed E-state index contributed by atoms with van der Waals surface area (Å²) < 4.78 is 0. The fourth-order valence-corrected chi connectivity index (χ4v) is 1.84. The molecule has 0 heterocycles. The molecule has 2 atom stereocenters. The van der Waals surface area contributed by atoms with Crippen molar-refractivity contribution in [1.29, 1.82) is 0 Å². The van der Waals surface area contributed by atoms with E-state index in [4.69, 9.17) is 5.73 Å². The van der Waals surface area contributed by atoms with Gasteiger partial charge in [0.15, 0.2) is 0 Å². The molecule has 0 saturated carbocycles. The van der Waals surface area contributed by atoms with Crippen LogP contribution in [0.1, 0.15) is 39.7 Å². The van der Waals surface area contributed by atoms with Crippen molar-refractivity contribution in [2.75, 3.05) is 0 Å². The Hall–Kier alpha value is -1.55. The summed E-state index contributed by atoms with van der Waals surface area (Å²) in [6.45, 7) is 7.85. The number of phenols is 1. The Bertz CT molecular complexity index is 435. The Kier molecular flexibility index (Phi) is 5.57. The lowest BCUT2D eigenvalue weighted by Gasteiger charge is -2.27. The Morgan fingerprint density at radius 2 is 1.85 bits per heavy atom. The van der Waals surface area contributed by atoms with Crippen molar-refractivity contribution in [3.63, 3.8) is 0 Å². The number of hydrogen-bond acceptors (Lipinski definition) is 3. The summed E-state index contributed by atoms with van der Waals surface area (Å²) in [6.07, 6.45) is 1.69. The Morgan fingerprint density at radius 3 is 2.35 bits per heavy atom. The number of nitrogens with two attached hydrogens (primary N) is 1. The number of carbonyl (C=O) groups excluding carboxylic acids is 1. The number of amides is 1. The van der Waals surface area contributed by atoms with E-state index in [2.05, 4.69) is 5.32 Å². The smallest absolute Gasteiger partial charge is 0.237 e. The van der Waals surface area contributed by atoms with Gasteiger partial charge >= 0.3 is 0 Å². The third kappa shape index (κ3) is 5.21. The van der Waals surface area contributed by atoms with E-state index in [0.29, 0.717) is 0 Å². The number of nitrogens with one attached hydrogen (secondary N) is 1. The van der Waals surface area contributed by atoms with Crippen molar-refractivity contribution in [1.82, 2.24) is 5.32 Å². The van der Waals surface area contributed by atoms with Crippen LogP contribution in [0.2, 0.25) is 0 Å². The number of aryl methyl sites for hydroxylation is 1. The van der Waals surface area contributed by atoms with E-state index < -0.39 is 6.04 Å². The van der Waals surface area contributed by atoms with Gasteiger partial charge in [-0.25, -0.2) is 0 Å². The summed E-state index contributed by atoms with van der Waals surface area (Å²) in [5.74, 6) is 0.168. The van der Waals surface area contributed by atoms with Crippen LogP contribution in [-0.4, -0.2) is 23.1 Å². The molecule has 1 rings (SSSR count). The first-order valence-electron chi connectivity index (χ1n) is 7.04. The second kappa shape index (κ2) is 6.75. The van der Waals surface area contributed by atoms with Gasteiger partial charge in [0.05, 0.1) is 6.04 Å². The maximum Gasteiger partial charge on any atom is 0.237 e. The third-order valence-electron chi connectivity index (χ3n) is 3.41. The van der Waals surface area contributed by atoms with Gasteiger partial charge in [-0.2, -0.15) is 0 Å². The molecule has 0 aliphatic rings. The molecular formula is C16H26N2O2. The van der Waals surface area contributed by atoms with E-state index in [1.54, 1.807) is 12.1 Å². The van der Waals surface area contributed by atoms with Gasteiger partial charge in [-0.05, 0) is 42.9 Å². The molecule has 0 radical (unpaired) electrons. The minimum atomic E-state index is -0.501. The van der Waals surface area contributed by atoms with Gasteiger partial charge in [0.25, 0.3) is 0 Å². The monoisotopic (exact) mass is 278 g/mol. The molecule has 1 aromatic carbocycles. The molecular weight excluding hydrogens is 252 g/mol. The highest BCUT2D eigenvalue weighted by atomic mass is 16.3. The van der Waals surface area contributed by atoms with E-state index in [9.17, 15) is 9.90 Å². The first kappa shape index (κ1) is 16.5. The molecule has 1 aromatic rings. The fourth-order valence-electron chi connectivity index (χ4n) is 1.84. The molecule has 0 fully saturated rings. The summed E-state index contributed by atoms with van der Waals surface area (Å²) in [7, 11) is 0. The zero-order valence-electron chi connectivity index (χ0n) is 12.8. The summed E-state index contributed by atoms with van der Waals surface area (Å²) in [4.78, 5) is 12.0. The lowest BCUT2D eigenvalue weighted by atomic mass is 9.87. The minimum absolute atomic E-state index is 0.0738. The van der Waals surface area contributed by atoms with E-state index >= 15 is 0 Å². The van der Waals surface area contributed by atoms with Crippen LogP contribution in [0.15, 0.2) is 24.3 Å². The summed E-state index contributed by atoms with van der Waals surface area (Å²) >= 11 is 0. The number of phenolic OH excluding ortho intramolecular Hbond substituents is 1. The quantitative estimate of drug-likeness (QED) is 0.773. The van der Waals surface area contributed by atoms with Crippen LogP contribution in [-0.2, 0) is 11.2 Å². The largest absolute Gasteiger partial charge is 0.508 e. The Labute approximate surface area is 121 Å². The second-order valence-corrected chi connectivity index (χ2v) is 6.46. The molecule has 112 valence electrons. The van der Waals surface area contributed by atoms with Gasteiger partial charge in [-0.3, -0.25) is 4.79 Å². The number of carbonyl (C=O) groups is 1. The van der Waals surface area contributed by atoms with E-state index in [-0.39, 0.29) is 23.1 Å².